The van der Waals surface area contributed by atoms with Gasteiger partial charge in [0.1, 0.15) is 6.54 Å². The van der Waals surface area contributed by atoms with Gasteiger partial charge in [-0.3, -0.25) is 16.0 Å². The van der Waals surface area contributed by atoms with Crippen LogP contribution in [-0.4, -0.2) is 35.0 Å². The lowest BCUT2D eigenvalue weighted by molar-refractivity contribution is -0.529. The topological polar surface area (TPSA) is 111 Å². The summed E-state index contributed by atoms with van der Waals surface area (Å²) >= 11 is 0. The zero-order chi connectivity index (χ0) is 24.4. The Morgan fingerprint density at radius 3 is 2.29 bits per heavy atom. The van der Waals surface area contributed by atoms with Gasteiger partial charge in [0, 0.05) is 11.6 Å². The second-order valence-electron chi connectivity index (χ2n) is 8.79. The number of pyridine rings is 1. The highest BCUT2D eigenvalue weighted by molar-refractivity contribution is 5.80. The van der Waals surface area contributed by atoms with Gasteiger partial charge in [0.05, 0.1) is 17.7 Å². The minimum atomic E-state index is -0.949. The molecule has 34 heavy (non-hydrogen) atoms. The van der Waals surface area contributed by atoms with Gasteiger partial charge in [-0.25, -0.2) is 4.98 Å². The molecule has 0 aliphatic rings. The number of hydrogen-bond donors (Lipinski definition) is 4. The van der Waals surface area contributed by atoms with Gasteiger partial charge in [-0.2, -0.15) is 5.10 Å². The average molecular weight is 462 g/mol. The largest absolute Gasteiger partial charge is 0.480 e. The first-order valence-electron chi connectivity index (χ1n) is 11.4. The lowest BCUT2D eigenvalue weighted by atomic mass is 9.86. The summed E-state index contributed by atoms with van der Waals surface area (Å²) in [5.74, 6) is 0.167. The first-order chi connectivity index (χ1) is 16.3. The molecular formula is C27H33N4O3+. The predicted molar refractivity (Wildman–Crippen MR) is 134 cm³/mol. The van der Waals surface area contributed by atoms with Crippen LogP contribution in [0.4, 0.5) is 0 Å². The highest BCUT2D eigenvalue weighted by Crippen LogP contribution is 2.29. The lowest BCUT2D eigenvalue weighted by Gasteiger charge is -2.19. The summed E-state index contributed by atoms with van der Waals surface area (Å²) in [6.07, 6.45) is 2.58. The van der Waals surface area contributed by atoms with E-state index in [0.717, 1.165) is 41.6 Å². The van der Waals surface area contributed by atoms with Crippen molar-refractivity contribution in [3.8, 4) is 28.3 Å². The summed E-state index contributed by atoms with van der Waals surface area (Å²) in [5.41, 5.74) is 12.5. The maximum Gasteiger partial charge on any atom is 0.326 e. The summed E-state index contributed by atoms with van der Waals surface area (Å²) < 4.78 is 6.05. The molecule has 7 heteroatoms. The first kappa shape index (κ1) is 24.8. The van der Waals surface area contributed by atoms with Gasteiger partial charge >= 0.3 is 5.97 Å². The average Bonchev–Trinajstić information content (AvgIpc) is 2.84. The van der Waals surface area contributed by atoms with E-state index in [2.05, 4.69) is 28.7 Å². The highest BCUT2D eigenvalue weighted by Gasteiger charge is 2.27. The highest BCUT2D eigenvalue weighted by atomic mass is 16.5. The fourth-order valence-electron chi connectivity index (χ4n) is 3.50. The second kappa shape index (κ2) is 11.8. The summed E-state index contributed by atoms with van der Waals surface area (Å²) in [5, 5.41) is 11.5. The number of aromatic nitrogens is 1. The smallest absolute Gasteiger partial charge is 0.326 e. The molecule has 0 amide bonds. The number of carboxylic acids is 1. The van der Waals surface area contributed by atoms with E-state index in [-0.39, 0.29) is 12.0 Å². The van der Waals surface area contributed by atoms with Crippen LogP contribution in [-0.2, 0) is 4.79 Å². The molecule has 1 aromatic heterocycles. The van der Waals surface area contributed by atoms with Crippen LogP contribution >= 0.6 is 0 Å². The number of amidine groups is 1. The van der Waals surface area contributed by atoms with Crippen LogP contribution in [0.25, 0.3) is 22.4 Å². The van der Waals surface area contributed by atoms with Crippen LogP contribution < -0.4 is 21.0 Å². The van der Waals surface area contributed by atoms with Gasteiger partial charge in [0.25, 0.3) is 5.84 Å². The van der Waals surface area contributed by atoms with E-state index in [4.69, 9.17) is 20.6 Å². The Balaban J connectivity index is 1.61. The van der Waals surface area contributed by atoms with E-state index in [9.17, 15) is 4.79 Å². The van der Waals surface area contributed by atoms with E-state index >= 15 is 0 Å². The van der Waals surface area contributed by atoms with E-state index in [0.29, 0.717) is 18.3 Å². The van der Waals surface area contributed by atoms with Crippen molar-refractivity contribution in [2.45, 2.75) is 33.1 Å². The number of hydrazone groups is 1. The molecule has 178 valence electrons. The number of rotatable bonds is 12. The number of carbonyl (C=O) groups is 1. The standard InChI is InChI=1S/C27H32N4O3/c1-27(2,26(28)31-29-19-25(32)33)15-9-10-16-34-24-18-22(20-11-5-3-6-12-20)17-23(30-24)21-13-7-4-8-14-21/h3-8,11-14,17-18,29H,9-10,15-16,19H2,1-2H3,(H2,28,31)(H,32,33)/p+1. The van der Waals surface area contributed by atoms with Gasteiger partial charge in [0.15, 0.2) is 0 Å². The summed E-state index contributed by atoms with van der Waals surface area (Å²) in [6, 6.07) is 24.4. The van der Waals surface area contributed by atoms with Crippen molar-refractivity contribution in [3.63, 3.8) is 0 Å². The monoisotopic (exact) mass is 461 g/mol. The molecule has 3 rings (SSSR count). The third kappa shape index (κ3) is 7.33. The van der Waals surface area contributed by atoms with Crippen LogP contribution in [0.3, 0.4) is 0 Å². The number of hydrogen-bond acceptors (Lipinski definition) is 4. The summed E-state index contributed by atoms with van der Waals surface area (Å²) in [7, 11) is 0. The molecular weight excluding hydrogens is 428 g/mol. The van der Waals surface area contributed by atoms with Crippen LogP contribution in [0.1, 0.15) is 33.1 Å². The molecule has 0 fully saturated rings. The molecule has 0 bridgehead atoms. The number of nitrogens with one attached hydrogen (secondary N) is 2. The Hall–Kier alpha value is -3.87. The number of unbranched alkanes of at least 4 members (excludes halogenated alkanes) is 1. The number of nitrogens with zero attached hydrogens (tertiary/aromatic N) is 1. The van der Waals surface area contributed by atoms with Gasteiger partial charge in [-0.15, -0.1) is 0 Å². The Bertz CT molecular complexity index is 1040. The number of nitrogens with two attached hydrogens (primary N) is 1. The molecule has 0 saturated heterocycles. The SMILES string of the molecule is CC(C)(CCCCOc1cc(-c2ccccc2)cc(-c2ccccc2)n1)/C(N)=[NH+]/NCC(=O)O. The van der Waals surface area contributed by atoms with Gasteiger partial charge in [-0.1, -0.05) is 60.7 Å². The normalized spacial score (nSPS) is 11.8. The van der Waals surface area contributed by atoms with Crippen molar-refractivity contribution >= 4 is 11.8 Å². The molecule has 0 aliphatic heterocycles. The van der Waals surface area contributed by atoms with Crippen molar-refractivity contribution in [3.05, 3.63) is 72.8 Å². The van der Waals surface area contributed by atoms with Crippen molar-refractivity contribution in [1.29, 1.82) is 0 Å². The van der Waals surface area contributed by atoms with Crippen molar-refractivity contribution in [1.82, 2.24) is 10.4 Å². The number of hydrazine groups is 1. The molecule has 1 heterocycles. The lowest BCUT2D eigenvalue weighted by Crippen LogP contribution is -2.87. The third-order valence-electron chi connectivity index (χ3n) is 5.62. The minimum Gasteiger partial charge on any atom is -0.480 e. The molecule has 5 N–H and O–H groups in total. The fraction of sp³-hybridized carbons (Fsp3) is 0.296. The maximum absolute atomic E-state index is 10.6. The molecule has 0 saturated carbocycles. The zero-order valence-electron chi connectivity index (χ0n) is 19.8. The van der Waals surface area contributed by atoms with Crippen molar-refractivity contribution < 1.29 is 19.7 Å². The number of aliphatic carboxylic acids is 1. The van der Waals surface area contributed by atoms with Crippen LogP contribution in [0.2, 0.25) is 0 Å². The number of ether oxygens (including phenoxy) is 1. The van der Waals surface area contributed by atoms with E-state index in [1.807, 2.05) is 68.4 Å². The zero-order valence-corrected chi connectivity index (χ0v) is 19.8. The molecule has 3 aromatic rings. The van der Waals surface area contributed by atoms with Crippen LogP contribution in [0.15, 0.2) is 72.8 Å². The van der Waals surface area contributed by atoms with Crippen LogP contribution in [0.5, 0.6) is 5.88 Å². The van der Waals surface area contributed by atoms with Gasteiger partial charge in [-0.05, 0) is 50.3 Å². The molecule has 2 aromatic carbocycles. The van der Waals surface area contributed by atoms with Crippen molar-refractivity contribution in [2.75, 3.05) is 13.2 Å². The predicted octanol–water partition coefficient (Wildman–Crippen LogP) is 3.02. The number of carboxylic acid groups (broad SMARTS) is 1. The minimum absolute atomic E-state index is 0.204. The molecule has 0 aliphatic carbocycles. The van der Waals surface area contributed by atoms with Crippen molar-refractivity contribution in [2.24, 2.45) is 11.1 Å². The molecule has 0 atom stereocenters. The molecule has 0 radical (unpaired) electrons. The molecule has 7 nitrogen and oxygen atoms in total. The van der Waals surface area contributed by atoms with E-state index in [1.54, 1.807) is 0 Å². The maximum atomic E-state index is 10.6. The molecule has 0 unspecified atom stereocenters. The summed E-state index contributed by atoms with van der Waals surface area (Å²) in [6.45, 7) is 4.39. The number of benzene rings is 2. The van der Waals surface area contributed by atoms with Gasteiger partial charge in [0.2, 0.25) is 5.88 Å². The Morgan fingerprint density at radius 2 is 1.65 bits per heavy atom. The Kier molecular flexibility index (Phi) is 8.62. The second-order valence-corrected chi connectivity index (χ2v) is 8.79. The Morgan fingerprint density at radius 1 is 1.00 bits per heavy atom. The van der Waals surface area contributed by atoms with E-state index in [1.165, 1.54) is 0 Å². The van der Waals surface area contributed by atoms with Crippen LogP contribution in [0, 0.1) is 5.41 Å². The van der Waals surface area contributed by atoms with E-state index < -0.39 is 5.97 Å². The first-order valence-corrected chi connectivity index (χ1v) is 11.4. The molecule has 0 spiro atoms. The third-order valence-corrected chi connectivity index (χ3v) is 5.62. The van der Waals surface area contributed by atoms with Gasteiger partial charge < -0.3 is 9.84 Å². The fourth-order valence-corrected chi connectivity index (χ4v) is 3.50. The summed E-state index contributed by atoms with van der Waals surface area (Å²) in [4.78, 5) is 15.4. The Labute approximate surface area is 200 Å². The quantitative estimate of drug-likeness (QED) is 0.143.